The lowest BCUT2D eigenvalue weighted by atomic mass is 9.86. The molecule has 0 spiro atoms. The first-order valence-corrected chi connectivity index (χ1v) is 8.07. The van der Waals surface area contributed by atoms with Gasteiger partial charge in [-0.2, -0.15) is 0 Å². The van der Waals surface area contributed by atoms with Crippen molar-refractivity contribution in [3.8, 4) is 0 Å². The van der Waals surface area contributed by atoms with E-state index in [-0.39, 0.29) is 18.0 Å². The van der Waals surface area contributed by atoms with Gasteiger partial charge in [0.2, 0.25) is 5.91 Å². The summed E-state index contributed by atoms with van der Waals surface area (Å²) in [4.78, 5) is 12.4. The summed E-state index contributed by atoms with van der Waals surface area (Å²) in [6.45, 7) is 8.86. The zero-order chi connectivity index (χ0) is 15.4. The highest BCUT2D eigenvalue weighted by molar-refractivity contribution is 5.83. The number of carbonyl (C=O) groups is 1. The van der Waals surface area contributed by atoms with Gasteiger partial charge >= 0.3 is 0 Å². The summed E-state index contributed by atoms with van der Waals surface area (Å²) in [5.41, 5.74) is 1.20. The fourth-order valence-corrected chi connectivity index (χ4v) is 3.17. The van der Waals surface area contributed by atoms with Crippen LogP contribution in [0.2, 0.25) is 0 Å². The van der Waals surface area contributed by atoms with E-state index < -0.39 is 0 Å². The molecule has 21 heavy (non-hydrogen) atoms. The standard InChI is InChI=1S/C18H28N2O/c1-12(2)10-15-17(13(3)4)19-16(18(21)20-15)11-14-8-6-5-7-9-14/h5-9,12-13,15-17,19H,10-11H2,1-4H3,(H,20,21)/t15-,16-,17+/m0/s1. The molecular weight excluding hydrogens is 260 g/mol. The van der Waals surface area contributed by atoms with Crippen LogP contribution in [0.15, 0.2) is 30.3 Å². The van der Waals surface area contributed by atoms with Crippen LogP contribution in [0.25, 0.3) is 0 Å². The molecular formula is C18H28N2O. The molecule has 1 aromatic rings. The fourth-order valence-electron chi connectivity index (χ4n) is 3.17. The Kier molecular flexibility index (Phi) is 5.40. The first kappa shape index (κ1) is 16.0. The van der Waals surface area contributed by atoms with Gasteiger partial charge in [-0.3, -0.25) is 4.79 Å². The highest BCUT2D eigenvalue weighted by Gasteiger charge is 2.36. The van der Waals surface area contributed by atoms with E-state index >= 15 is 0 Å². The number of benzene rings is 1. The average Bonchev–Trinajstić information content (AvgIpc) is 2.42. The van der Waals surface area contributed by atoms with Crippen molar-refractivity contribution in [2.24, 2.45) is 11.8 Å². The van der Waals surface area contributed by atoms with Crippen LogP contribution < -0.4 is 10.6 Å². The molecule has 0 aliphatic carbocycles. The smallest absolute Gasteiger partial charge is 0.237 e. The summed E-state index contributed by atoms with van der Waals surface area (Å²) >= 11 is 0. The van der Waals surface area contributed by atoms with Crippen LogP contribution in [0.3, 0.4) is 0 Å². The van der Waals surface area contributed by atoms with E-state index in [2.05, 4.69) is 50.5 Å². The summed E-state index contributed by atoms with van der Waals surface area (Å²) in [5, 5.41) is 6.84. The lowest BCUT2D eigenvalue weighted by molar-refractivity contribution is -0.127. The van der Waals surface area contributed by atoms with Gasteiger partial charge in [-0.25, -0.2) is 0 Å². The van der Waals surface area contributed by atoms with Crippen LogP contribution in [0.4, 0.5) is 0 Å². The molecule has 116 valence electrons. The predicted molar refractivity (Wildman–Crippen MR) is 87.1 cm³/mol. The van der Waals surface area contributed by atoms with E-state index in [0.717, 1.165) is 12.8 Å². The van der Waals surface area contributed by atoms with E-state index in [9.17, 15) is 4.79 Å². The van der Waals surface area contributed by atoms with Crippen molar-refractivity contribution < 1.29 is 4.79 Å². The Morgan fingerprint density at radius 3 is 2.33 bits per heavy atom. The van der Waals surface area contributed by atoms with Crippen LogP contribution in [0, 0.1) is 11.8 Å². The van der Waals surface area contributed by atoms with Gasteiger partial charge < -0.3 is 10.6 Å². The third-order valence-electron chi connectivity index (χ3n) is 4.20. The predicted octanol–water partition coefficient (Wildman–Crippen LogP) is 2.76. The van der Waals surface area contributed by atoms with E-state index in [0.29, 0.717) is 17.9 Å². The third-order valence-corrected chi connectivity index (χ3v) is 4.20. The molecule has 2 rings (SSSR count). The van der Waals surface area contributed by atoms with Crippen molar-refractivity contribution in [2.75, 3.05) is 0 Å². The molecule has 1 aliphatic heterocycles. The monoisotopic (exact) mass is 288 g/mol. The van der Waals surface area contributed by atoms with Crippen molar-refractivity contribution in [3.63, 3.8) is 0 Å². The average molecular weight is 288 g/mol. The van der Waals surface area contributed by atoms with Crippen LogP contribution in [-0.4, -0.2) is 24.0 Å². The van der Waals surface area contributed by atoms with Gasteiger partial charge in [0.25, 0.3) is 0 Å². The molecule has 1 aliphatic rings. The zero-order valence-corrected chi connectivity index (χ0v) is 13.6. The second-order valence-electron chi connectivity index (χ2n) is 6.92. The highest BCUT2D eigenvalue weighted by Crippen LogP contribution is 2.19. The van der Waals surface area contributed by atoms with Gasteiger partial charge in [0.1, 0.15) is 0 Å². The Hall–Kier alpha value is -1.35. The van der Waals surface area contributed by atoms with E-state index in [1.54, 1.807) is 0 Å². The SMILES string of the molecule is CC(C)C[C@@H]1NC(=O)[C@H](Cc2ccccc2)N[C@@H]1C(C)C. The number of piperazine rings is 1. The molecule has 0 bridgehead atoms. The maximum absolute atomic E-state index is 12.4. The van der Waals surface area contributed by atoms with Gasteiger partial charge in [0.15, 0.2) is 0 Å². The molecule has 3 atom stereocenters. The Balaban J connectivity index is 2.07. The topological polar surface area (TPSA) is 41.1 Å². The van der Waals surface area contributed by atoms with Crippen LogP contribution in [0.5, 0.6) is 0 Å². The maximum Gasteiger partial charge on any atom is 0.237 e. The summed E-state index contributed by atoms with van der Waals surface area (Å²) in [7, 11) is 0. The second-order valence-corrected chi connectivity index (χ2v) is 6.92. The summed E-state index contributed by atoms with van der Waals surface area (Å²) in [6.07, 6.45) is 1.78. The quantitative estimate of drug-likeness (QED) is 0.875. The minimum Gasteiger partial charge on any atom is -0.350 e. The van der Waals surface area contributed by atoms with Crippen molar-refractivity contribution in [2.45, 2.75) is 58.7 Å². The minimum absolute atomic E-state index is 0.122. The Bertz CT molecular complexity index is 456. The van der Waals surface area contributed by atoms with Gasteiger partial charge in [-0.15, -0.1) is 0 Å². The second kappa shape index (κ2) is 7.08. The molecule has 0 aromatic heterocycles. The van der Waals surface area contributed by atoms with Gasteiger partial charge in [-0.05, 0) is 30.2 Å². The van der Waals surface area contributed by atoms with Crippen molar-refractivity contribution in [1.82, 2.24) is 10.6 Å². The molecule has 1 fully saturated rings. The molecule has 3 nitrogen and oxygen atoms in total. The summed E-state index contributed by atoms with van der Waals surface area (Å²) in [6, 6.07) is 10.7. The van der Waals surface area contributed by atoms with Crippen molar-refractivity contribution in [1.29, 1.82) is 0 Å². The Morgan fingerprint density at radius 1 is 1.10 bits per heavy atom. The van der Waals surface area contributed by atoms with Crippen LogP contribution in [0.1, 0.15) is 39.7 Å². The Labute approximate surface area is 128 Å². The normalized spacial score (nSPS) is 26.2. The van der Waals surface area contributed by atoms with Crippen molar-refractivity contribution in [3.05, 3.63) is 35.9 Å². The van der Waals surface area contributed by atoms with Crippen LogP contribution >= 0.6 is 0 Å². The zero-order valence-electron chi connectivity index (χ0n) is 13.6. The molecule has 0 saturated carbocycles. The van der Waals surface area contributed by atoms with E-state index in [1.165, 1.54) is 5.56 Å². The van der Waals surface area contributed by atoms with Gasteiger partial charge in [-0.1, -0.05) is 58.0 Å². The van der Waals surface area contributed by atoms with Gasteiger partial charge in [0, 0.05) is 12.1 Å². The molecule has 0 radical (unpaired) electrons. The number of rotatable bonds is 5. The molecule has 2 N–H and O–H groups in total. The number of nitrogens with one attached hydrogen (secondary N) is 2. The maximum atomic E-state index is 12.4. The molecule has 3 heteroatoms. The molecule has 1 saturated heterocycles. The summed E-state index contributed by atoms with van der Waals surface area (Å²) in [5.74, 6) is 1.23. The van der Waals surface area contributed by atoms with E-state index in [1.807, 2.05) is 18.2 Å². The Morgan fingerprint density at radius 2 is 1.76 bits per heavy atom. The molecule has 1 aromatic carbocycles. The fraction of sp³-hybridized carbons (Fsp3) is 0.611. The molecule has 0 unspecified atom stereocenters. The first-order chi connectivity index (χ1) is 9.97. The van der Waals surface area contributed by atoms with Crippen molar-refractivity contribution >= 4 is 5.91 Å². The highest BCUT2D eigenvalue weighted by atomic mass is 16.2. The lowest BCUT2D eigenvalue weighted by Crippen LogP contribution is -2.66. The van der Waals surface area contributed by atoms with E-state index in [4.69, 9.17) is 0 Å². The van der Waals surface area contributed by atoms with Crippen LogP contribution in [-0.2, 0) is 11.2 Å². The number of hydrogen-bond acceptors (Lipinski definition) is 2. The number of hydrogen-bond donors (Lipinski definition) is 2. The first-order valence-electron chi connectivity index (χ1n) is 8.07. The third kappa shape index (κ3) is 4.31. The summed E-state index contributed by atoms with van der Waals surface area (Å²) < 4.78 is 0. The molecule has 1 amide bonds. The largest absolute Gasteiger partial charge is 0.350 e. The van der Waals surface area contributed by atoms with Gasteiger partial charge in [0.05, 0.1) is 6.04 Å². The number of amides is 1. The molecule has 1 heterocycles. The lowest BCUT2D eigenvalue weighted by Gasteiger charge is -2.40. The number of carbonyl (C=O) groups excluding carboxylic acids is 1. The minimum atomic E-state index is -0.122.